The van der Waals surface area contributed by atoms with Gasteiger partial charge >= 0.3 is 0 Å². The van der Waals surface area contributed by atoms with E-state index in [0.29, 0.717) is 17.5 Å². The maximum Gasteiger partial charge on any atom is 0.240 e. The maximum atomic E-state index is 11.7. The van der Waals surface area contributed by atoms with Crippen molar-refractivity contribution < 1.29 is 9.59 Å². The first-order chi connectivity index (χ1) is 14.1. The first kappa shape index (κ1) is 21.0. The number of rotatable bonds is 8. The molecule has 8 nitrogen and oxygen atoms in total. The van der Waals surface area contributed by atoms with E-state index in [1.807, 2.05) is 12.1 Å². The fourth-order valence-corrected chi connectivity index (χ4v) is 2.17. The van der Waals surface area contributed by atoms with E-state index in [4.69, 9.17) is 10.5 Å². The van der Waals surface area contributed by atoms with Crippen molar-refractivity contribution in [2.45, 2.75) is 19.3 Å². The summed E-state index contributed by atoms with van der Waals surface area (Å²) in [7, 11) is 0. The van der Waals surface area contributed by atoms with Gasteiger partial charge in [-0.15, -0.1) is 0 Å². The predicted octanol–water partition coefficient (Wildman–Crippen LogP) is 2.20. The quantitative estimate of drug-likeness (QED) is 0.532. The highest BCUT2D eigenvalue weighted by Gasteiger charge is 2.04. The molecule has 0 aliphatic rings. The molecule has 2 amide bonds. The Kier molecular flexibility index (Phi) is 8.27. The Labute approximate surface area is 168 Å². The highest BCUT2D eigenvalue weighted by atomic mass is 16.2. The molecule has 0 radical (unpaired) electrons. The Bertz CT molecular complexity index is 898. The molecule has 0 fully saturated rings. The fourth-order valence-electron chi connectivity index (χ4n) is 2.17. The van der Waals surface area contributed by atoms with Crippen molar-refractivity contribution in [3.8, 4) is 12.1 Å². The average Bonchev–Trinajstić information content (AvgIpc) is 2.75. The number of nitriles is 2. The number of carbonyl (C=O) groups is 2. The SMILES string of the molecule is N#Cc1ccc(/C=N\NC(=O)CCCC(=O)N/N=C/c2ccc(C#N)cc2)cc1. The number of carbonyl (C=O) groups excluding carboxylic acids is 2. The second-order valence-corrected chi connectivity index (χ2v) is 5.91. The molecule has 144 valence electrons. The summed E-state index contributed by atoms with van der Waals surface area (Å²) in [5.74, 6) is -0.604. The highest BCUT2D eigenvalue weighted by Crippen LogP contribution is 2.02. The van der Waals surface area contributed by atoms with Gasteiger partial charge in [-0.2, -0.15) is 20.7 Å². The largest absolute Gasteiger partial charge is 0.273 e. The number of nitrogens with one attached hydrogen (secondary N) is 2. The minimum absolute atomic E-state index is 0.150. The van der Waals surface area contributed by atoms with E-state index in [0.717, 1.165) is 11.1 Å². The first-order valence-corrected chi connectivity index (χ1v) is 8.75. The molecule has 0 saturated heterocycles. The van der Waals surface area contributed by atoms with Crippen LogP contribution in [0.5, 0.6) is 0 Å². The van der Waals surface area contributed by atoms with Gasteiger partial charge in [0.25, 0.3) is 0 Å². The lowest BCUT2D eigenvalue weighted by atomic mass is 10.2. The summed E-state index contributed by atoms with van der Waals surface area (Å²) < 4.78 is 0. The Hall–Kier alpha value is -4.30. The summed E-state index contributed by atoms with van der Waals surface area (Å²) in [6, 6.07) is 17.5. The zero-order valence-electron chi connectivity index (χ0n) is 15.5. The molecule has 29 heavy (non-hydrogen) atoms. The van der Waals surface area contributed by atoms with E-state index >= 15 is 0 Å². The third-order valence-electron chi connectivity index (χ3n) is 3.69. The van der Waals surface area contributed by atoms with Gasteiger partial charge in [0.2, 0.25) is 11.8 Å². The number of benzene rings is 2. The molecule has 0 bridgehead atoms. The molecule has 0 aliphatic heterocycles. The molecule has 0 saturated carbocycles. The second-order valence-electron chi connectivity index (χ2n) is 5.91. The van der Waals surface area contributed by atoms with E-state index in [1.165, 1.54) is 12.4 Å². The summed E-state index contributed by atoms with van der Waals surface area (Å²) >= 11 is 0. The van der Waals surface area contributed by atoms with Crippen LogP contribution >= 0.6 is 0 Å². The van der Waals surface area contributed by atoms with Crippen LogP contribution in [0.2, 0.25) is 0 Å². The van der Waals surface area contributed by atoms with Crippen molar-refractivity contribution >= 4 is 24.2 Å². The molecular weight excluding hydrogens is 368 g/mol. The third kappa shape index (κ3) is 7.85. The smallest absolute Gasteiger partial charge is 0.240 e. The number of hydrogen-bond donors (Lipinski definition) is 2. The van der Waals surface area contributed by atoms with Crippen LogP contribution in [0, 0.1) is 22.7 Å². The molecular formula is C21H18N6O2. The standard InChI is InChI=1S/C21H18N6O2/c22-12-16-4-8-18(9-5-16)14-24-26-20(28)2-1-3-21(29)27-25-15-19-10-6-17(13-23)7-11-19/h4-11,14-15H,1-3H2,(H,26,28)(H,27,29)/b24-14-,25-15+. The molecule has 2 rings (SSSR count). The molecule has 8 heteroatoms. The van der Waals surface area contributed by atoms with Gasteiger partial charge in [0.05, 0.1) is 35.7 Å². The molecule has 0 atom stereocenters. The van der Waals surface area contributed by atoms with Gasteiger partial charge in [-0.05, 0) is 41.8 Å². The van der Waals surface area contributed by atoms with E-state index < -0.39 is 0 Å². The molecule has 0 aliphatic carbocycles. The third-order valence-corrected chi connectivity index (χ3v) is 3.69. The van der Waals surface area contributed by atoms with E-state index in [9.17, 15) is 9.59 Å². The molecule has 0 heterocycles. The van der Waals surface area contributed by atoms with E-state index in [2.05, 4.69) is 21.1 Å². The Balaban J connectivity index is 1.63. The first-order valence-electron chi connectivity index (χ1n) is 8.75. The summed E-state index contributed by atoms with van der Waals surface area (Å²) in [5, 5.41) is 25.1. The number of hydrogen-bond acceptors (Lipinski definition) is 6. The van der Waals surface area contributed by atoms with Crippen LogP contribution in [0.3, 0.4) is 0 Å². The van der Waals surface area contributed by atoms with Crippen molar-refractivity contribution in [1.82, 2.24) is 10.9 Å². The van der Waals surface area contributed by atoms with E-state index in [-0.39, 0.29) is 24.7 Å². The Morgan fingerprint density at radius 3 is 1.48 bits per heavy atom. The van der Waals surface area contributed by atoms with Crippen molar-refractivity contribution in [2.24, 2.45) is 10.2 Å². The summed E-state index contributed by atoms with van der Waals surface area (Å²) in [4.78, 5) is 23.4. The van der Waals surface area contributed by atoms with Crippen LogP contribution in [-0.4, -0.2) is 24.2 Å². The number of amides is 2. The van der Waals surface area contributed by atoms with Crippen LogP contribution in [0.4, 0.5) is 0 Å². The van der Waals surface area contributed by atoms with Gasteiger partial charge < -0.3 is 0 Å². The predicted molar refractivity (Wildman–Crippen MR) is 108 cm³/mol. The Morgan fingerprint density at radius 2 is 1.14 bits per heavy atom. The number of nitrogens with zero attached hydrogens (tertiary/aromatic N) is 4. The van der Waals surface area contributed by atoms with Crippen molar-refractivity contribution in [2.75, 3.05) is 0 Å². The van der Waals surface area contributed by atoms with Crippen LogP contribution < -0.4 is 10.9 Å². The van der Waals surface area contributed by atoms with Crippen molar-refractivity contribution in [3.05, 3.63) is 70.8 Å². The summed E-state index contributed by atoms with van der Waals surface area (Å²) in [6.45, 7) is 0. The lowest BCUT2D eigenvalue weighted by molar-refractivity contribution is -0.122. The fraction of sp³-hybridized carbons (Fsp3) is 0.143. The van der Waals surface area contributed by atoms with Gasteiger partial charge in [0.15, 0.2) is 0 Å². The van der Waals surface area contributed by atoms with Crippen LogP contribution in [0.15, 0.2) is 58.7 Å². The molecule has 2 N–H and O–H groups in total. The van der Waals surface area contributed by atoms with Crippen LogP contribution in [0.1, 0.15) is 41.5 Å². The molecule has 0 spiro atoms. The summed E-state index contributed by atoms with van der Waals surface area (Å²) in [6.07, 6.45) is 3.61. The number of hydrazone groups is 2. The van der Waals surface area contributed by atoms with Gasteiger partial charge in [-0.25, -0.2) is 10.9 Å². The summed E-state index contributed by atoms with van der Waals surface area (Å²) in [5.41, 5.74) is 7.38. The van der Waals surface area contributed by atoms with Crippen molar-refractivity contribution in [3.63, 3.8) is 0 Å². The second kappa shape index (κ2) is 11.4. The van der Waals surface area contributed by atoms with Gasteiger partial charge in [0, 0.05) is 12.8 Å². The van der Waals surface area contributed by atoms with Crippen molar-refractivity contribution in [1.29, 1.82) is 10.5 Å². The van der Waals surface area contributed by atoms with Gasteiger partial charge in [-0.1, -0.05) is 24.3 Å². The topological polar surface area (TPSA) is 130 Å². The van der Waals surface area contributed by atoms with Gasteiger partial charge in [-0.3, -0.25) is 9.59 Å². The lowest BCUT2D eigenvalue weighted by Crippen LogP contribution is -2.20. The molecule has 0 unspecified atom stereocenters. The maximum absolute atomic E-state index is 11.7. The van der Waals surface area contributed by atoms with Gasteiger partial charge in [0.1, 0.15) is 0 Å². The zero-order chi connectivity index (χ0) is 20.9. The average molecular weight is 386 g/mol. The molecule has 0 aromatic heterocycles. The Morgan fingerprint density at radius 1 is 0.759 bits per heavy atom. The molecule has 2 aromatic carbocycles. The zero-order valence-corrected chi connectivity index (χ0v) is 15.5. The van der Waals surface area contributed by atoms with Crippen LogP contribution in [0.25, 0.3) is 0 Å². The highest BCUT2D eigenvalue weighted by molar-refractivity contribution is 5.84. The lowest BCUT2D eigenvalue weighted by Gasteiger charge is -2.01. The van der Waals surface area contributed by atoms with E-state index in [1.54, 1.807) is 48.5 Å². The normalized spacial score (nSPS) is 10.4. The minimum Gasteiger partial charge on any atom is -0.273 e. The van der Waals surface area contributed by atoms with Crippen LogP contribution in [-0.2, 0) is 9.59 Å². The molecule has 2 aromatic rings. The monoisotopic (exact) mass is 386 g/mol. The minimum atomic E-state index is -0.302.